The van der Waals surface area contributed by atoms with Gasteiger partial charge in [-0.2, -0.15) is 5.10 Å². The number of carbonyl (C=O) groups excluding carboxylic acids is 1. The highest BCUT2D eigenvalue weighted by molar-refractivity contribution is 7.09. The van der Waals surface area contributed by atoms with Gasteiger partial charge in [0.1, 0.15) is 12.4 Å². The number of benzene rings is 1. The summed E-state index contributed by atoms with van der Waals surface area (Å²) in [6.45, 7) is 9.37. The smallest absolute Gasteiger partial charge is 0.271 e. The molecule has 2 aliphatic rings. The van der Waals surface area contributed by atoms with Crippen molar-refractivity contribution in [3.8, 4) is 5.75 Å². The molecule has 1 aromatic carbocycles. The number of hydrazone groups is 1. The Kier molecular flexibility index (Phi) is 4.78. The van der Waals surface area contributed by atoms with Gasteiger partial charge in [-0.1, -0.05) is 20.8 Å². The molecule has 0 spiro atoms. The van der Waals surface area contributed by atoms with E-state index in [9.17, 15) is 4.79 Å². The van der Waals surface area contributed by atoms with E-state index in [1.807, 2.05) is 24.4 Å². The quantitative estimate of drug-likeness (QED) is 0.725. The highest BCUT2D eigenvalue weighted by Crippen LogP contribution is 2.63. The normalized spacial score (nSPS) is 26.6. The molecule has 1 heterocycles. The highest BCUT2D eigenvalue weighted by atomic mass is 32.1. The van der Waals surface area contributed by atoms with E-state index in [0.717, 1.165) is 35.0 Å². The van der Waals surface area contributed by atoms with Crippen LogP contribution in [0.1, 0.15) is 61.1 Å². The number of rotatable bonds is 5. The highest BCUT2D eigenvalue weighted by Gasteiger charge is 2.60. The molecule has 4 rings (SSSR count). The van der Waals surface area contributed by atoms with Gasteiger partial charge in [0.25, 0.3) is 5.91 Å². The monoisotopic (exact) mass is 397 g/mol. The van der Waals surface area contributed by atoms with Crippen LogP contribution in [0.25, 0.3) is 0 Å². The predicted octanol–water partition coefficient (Wildman–Crippen LogP) is 4.96. The lowest BCUT2D eigenvalue weighted by atomic mass is 9.70. The summed E-state index contributed by atoms with van der Waals surface area (Å²) in [6.07, 6.45) is 3.41. The molecule has 2 aliphatic carbocycles. The zero-order valence-corrected chi connectivity index (χ0v) is 17.7. The summed E-state index contributed by atoms with van der Waals surface area (Å²) in [5, 5.41) is 7.55. The summed E-state index contributed by atoms with van der Waals surface area (Å²) in [7, 11) is 0. The van der Waals surface area contributed by atoms with Gasteiger partial charge >= 0.3 is 0 Å². The maximum atomic E-state index is 12.5. The lowest BCUT2D eigenvalue weighted by molar-refractivity contribution is 0.0954. The summed E-state index contributed by atoms with van der Waals surface area (Å²) in [5.41, 5.74) is 5.75. The van der Waals surface area contributed by atoms with Crippen molar-refractivity contribution < 1.29 is 9.53 Å². The number of nitrogens with one attached hydrogen (secondary N) is 1. The third-order valence-electron chi connectivity index (χ3n) is 6.97. The largest absolute Gasteiger partial charge is 0.487 e. The van der Waals surface area contributed by atoms with Crippen LogP contribution in [-0.4, -0.2) is 16.6 Å². The Bertz CT molecular complexity index is 916. The average Bonchev–Trinajstić information content (AvgIpc) is 3.25. The second-order valence-corrected chi connectivity index (χ2v) is 9.73. The Labute approximate surface area is 170 Å². The number of carbonyl (C=O) groups is 1. The van der Waals surface area contributed by atoms with E-state index in [-0.39, 0.29) is 16.7 Å². The van der Waals surface area contributed by atoms with Crippen LogP contribution in [0.5, 0.6) is 5.75 Å². The molecule has 2 fully saturated rings. The van der Waals surface area contributed by atoms with Gasteiger partial charge in [0.15, 0.2) is 0 Å². The first kappa shape index (κ1) is 19.1. The van der Waals surface area contributed by atoms with Crippen molar-refractivity contribution >= 4 is 23.0 Å². The van der Waals surface area contributed by atoms with Crippen LogP contribution in [-0.2, 0) is 6.61 Å². The fourth-order valence-electron chi connectivity index (χ4n) is 4.61. The molecule has 1 aromatic heterocycles. The lowest BCUT2D eigenvalue weighted by Gasteiger charge is -2.34. The van der Waals surface area contributed by atoms with Gasteiger partial charge in [-0.05, 0) is 61.8 Å². The number of amides is 1. The molecular weight excluding hydrogens is 370 g/mol. The number of ether oxygens (including phenoxy) is 1. The first-order valence-corrected chi connectivity index (χ1v) is 10.7. The minimum atomic E-state index is -0.182. The van der Waals surface area contributed by atoms with Gasteiger partial charge in [-0.25, -0.2) is 10.4 Å². The van der Waals surface area contributed by atoms with E-state index >= 15 is 0 Å². The van der Waals surface area contributed by atoms with Crippen molar-refractivity contribution in [3.05, 3.63) is 45.9 Å². The van der Waals surface area contributed by atoms with Gasteiger partial charge in [-0.15, -0.1) is 11.3 Å². The zero-order chi connectivity index (χ0) is 19.9. The Hall–Kier alpha value is -2.21. The molecule has 1 N–H and O–H groups in total. The van der Waals surface area contributed by atoms with E-state index in [2.05, 4.69) is 36.3 Å². The number of hydrogen-bond donors (Lipinski definition) is 1. The third kappa shape index (κ3) is 3.24. The number of hydrogen-bond acceptors (Lipinski definition) is 5. The number of aromatic nitrogens is 1. The van der Waals surface area contributed by atoms with Crippen LogP contribution in [0.2, 0.25) is 0 Å². The standard InChI is InChI=1S/C22H27N3O2S/c1-14-23-17(13-28-14)12-27-18-7-5-15(6-8-18)20(26)25-24-19-11-16-9-10-22(19,4)21(16,2)3/h5-8,13,16H,9-12H2,1-4H3,(H,25,26)/b24-19-/t16-,22-/m1/s1. The maximum absolute atomic E-state index is 12.5. The molecule has 148 valence electrons. The number of fused-ring (bicyclic) bond motifs is 2. The van der Waals surface area contributed by atoms with Crippen LogP contribution in [0, 0.1) is 23.7 Å². The van der Waals surface area contributed by atoms with Crippen molar-refractivity contribution in [2.45, 2.75) is 53.6 Å². The fraction of sp³-hybridized carbons (Fsp3) is 0.500. The molecule has 2 aromatic rings. The maximum Gasteiger partial charge on any atom is 0.271 e. The van der Waals surface area contributed by atoms with Crippen molar-refractivity contribution in [1.82, 2.24) is 10.4 Å². The third-order valence-corrected chi connectivity index (χ3v) is 7.80. The molecular formula is C22H27N3O2S. The van der Waals surface area contributed by atoms with Crippen LogP contribution in [0.15, 0.2) is 34.7 Å². The van der Waals surface area contributed by atoms with E-state index in [0.29, 0.717) is 18.1 Å². The molecule has 6 heteroatoms. The summed E-state index contributed by atoms with van der Waals surface area (Å²) in [5.74, 6) is 1.21. The minimum Gasteiger partial charge on any atom is -0.487 e. The van der Waals surface area contributed by atoms with Crippen LogP contribution in [0.3, 0.4) is 0 Å². The zero-order valence-electron chi connectivity index (χ0n) is 16.9. The minimum absolute atomic E-state index is 0.0939. The number of aryl methyl sites for hydroxylation is 1. The van der Waals surface area contributed by atoms with E-state index in [1.165, 1.54) is 6.42 Å². The van der Waals surface area contributed by atoms with Gasteiger partial charge in [0.2, 0.25) is 0 Å². The van der Waals surface area contributed by atoms with E-state index in [4.69, 9.17) is 4.74 Å². The average molecular weight is 398 g/mol. The van der Waals surface area contributed by atoms with Gasteiger partial charge in [0.05, 0.1) is 10.7 Å². The number of nitrogens with zero attached hydrogens (tertiary/aromatic N) is 2. The predicted molar refractivity (Wildman–Crippen MR) is 112 cm³/mol. The molecule has 2 atom stereocenters. The topological polar surface area (TPSA) is 63.6 Å². The summed E-state index contributed by atoms with van der Waals surface area (Å²) < 4.78 is 5.74. The molecule has 1 amide bonds. The molecule has 0 saturated heterocycles. The summed E-state index contributed by atoms with van der Waals surface area (Å²) >= 11 is 1.61. The van der Waals surface area contributed by atoms with Crippen molar-refractivity contribution in [3.63, 3.8) is 0 Å². The van der Waals surface area contributed by atoms with Crippen molar-refractivity contribution in [1.29, 1.82) is 0 Å². The molecule has 0 unspecified atom stereocenters. The van der Waals surface area contributed by atoms with Gasteiger partial charge < -0.3 is 4.74 Å². The second kappa shape index (κ2) is 6.99. The van der Waals surface area contributed by atoms with Crippen LogP contribution < -0.4 is 10.2 Å². The molecule has 5 nitrogen and oxygen atoms in total. The Balaban J connectivity index is 1.36. The fourth-order valence-corrected chi connectivity index (χ4v) is 5.21. The number of thiazole rings is 1. The Morgan fingerprint density at radius 2 is 2.07 bits per heavy atom. The van der Waals surface area contributed by atoms with Crippen molar-refractivity contribution in [2.24, 2.45) is 21.8 Å². The van der Waals surface area contributed by atoms with Gasteiger partial charge in [-0.3, -0.25) is 4.79 Å². The Morgan fingerprint density at radius 3 is 2.64 bits per heavy atom. The summed E-state index contributed by atoms with van der Waals surface area (Å²) in [6, 6.07) is 7.15. The molecule has 2 saturated carbocycles. The van der Waals surface area contributed by atoms with Crippen LogP contribution in [0.4, 0.5) is 0 Å². The first-order valence-electron chi connectivity index (χ1n) is 9.81. The van der Waals surface area contributed by atoms with Crippen LogP contribution >= 0.6 is 11.3 Å². The molecule has 0 radical (unpaired) electrons. The molecule has 28 heavy (non-hydrogen) atoms. The molecule has 0 aliphatic heterocycles. The lowest BCUT2D eigenvalue weighted by Crippen LogP contribution is -2.34. The summed E-state index contributed by atoms with van der Waals surface area (Å²) in [4.78, 5) is 16.9. The first-order chi connectivity index (χ1) is 13.3. The van der Waals surface area contributed by atoms with E-state index < -0.39 is 0 Å². The van der Waals surface area contributed by atoms with Gasteiger partial charge in [0, 0.05) is 22.1 Å². The SMILES string of the molecule is Cc1nc(COc2ccc(C(=O)N/N=C3/C[C@H]4CC[C@@]3(C)C4(C)C)cc2)cs1. The second-order valence-electron chi connectivity index (χ2n) is 8.66. The van der Waals surface area contributed by atoms with E-state index in [1.54, 1.807) is 23.5 Å². The van der Waals surface area contributed by atoms with Crippen molar-refractivity contribution in [2.75, 3.05) is 0 Å². The Morgan fingerprint density at radius 1 is 1.32 bits per heavy atom. The molecule has 2 bridgehead atoms.